The Morgan fingerprint density at radius 1 is 0.500 bits per heavy atom. The zero-order valence-corrected chi connectivity index (χ0v) is 25.6. The van der Waals surface area contributed by atoms with Crippen LogP contribution in [-0.2, 0) is 10.8 Å². The van der Waals surface area contributed by atoms with E-state index in [1.54, 1.807) is 0 Å². The normalized spacial score (nSPS) is 16.0. The number of carbonyl (C=O) groups excluding carboxylic acids is 2. The first-order chi connectivity index (χ1) is 21.2. The van der Waals surface area contributed by atoms with Gasteiger partial charge in [0.15, 0.2) is 11.6 Å². The van der Waals surface area contributed by atoms with Gasteiger partial charge in [0.05, 0.1) is 0 Å². The van der Waals surface area contributed by atoms with Crippen molar-refractivity contribution < 1.29 is 9.59 Å². The largest absolute Gasteiger partial charge is 0.289 e. The van der Waals surface area contributed by atoms with Crippen molar-refractivity contribution in [1.82, 2.24) is 0 Å². The van der Waals surface area contributed by atoms with Gasteiger partial charge in [-0.1, -0.05) is 113 Å². The molecule has 44 heavy (non-hydrogen) atoms. The molecule has 0 N–H and O–H groups in total. The molecule has 0 saturated carbocycles. The number of fused-ring (bicyclic) bond motifs is 8. The zero-order valence-electron chi connectivity index (χ0n) is 25.6. The summed E-state index contributed by atoms with van der Waals surface area (Å²) in [5.41, 5.74) is 12.4. The van der Waals surface area contributed by atoms with Gasteiger partial charge in [-0.15, -0.1) is 0 Å². The lowest BCUT2D eigenvalue weighted by atomic mass is 9.78. The van der Waals surface area contributed by atoms with Gasteiger partial charge < -0.3 is 0 Å². The summed E-state index contributed by atoms with van der Waals surface area (Å²) in [6.07, 6.45) is 6.51. The van der Waals surface area contributed by atoms with Crippen molar-refractivity contribution in [2.45, 2.75) is 51.4 Å². The maximum atomic E-state index is 13.9. The van der Waals surface area contributed by atoms with Gasteiger partial charge in [-0.3, -0.25) is 9.59 Å². The van der Waals surface area contributed by atoms with E-state index in [-0.39, 0.29) is 22.4 Å². The standard InChI is InChI=1S/C42H34O2/c1-41(2)34-21-27(39(43)25-13-7-5-8-14-25)19-20-29(34)31-22-36-33(24-35(31)41)38-30-18-12-11-17-28(30)32(23-37(38)42(36,3)4)40(44)26-15-9-6-10-16-26/h5-10,13-24H,11-12H2,1-4H3. The van der Waals surface area contributed by atoms with Crippen molar-refractivity contribution in [3.05, 3.63) is 152 Å². The second-order valence-electron chi connectivity index (χ2n) is 13.5. The fourth-order valence-corrected chi connectivity index (χ4v) is 7.87. The predicted molar refractivity (Wildman–Crippen MR) is 179 cm³/mol. The van der Waals surface area contributed by atoms with Gasteiger partial charge in [0.1, 0.15) is 0 Å². The highest BCUT2D eigenvalue weighted by atomic mass is 16.1. The summed E-state index contributed by atoms with van der Waals surface area (Å²) >= 11 is 0. The summed E-state index contributed by atoms with van der Waals surface area (Å²) in [6.45, 7) is 9.14. The van der Waals surface area contributed by atoms with E-state index < -0.39 is 0 Å². The first-order valence-corrected chi connectivity index (χ1v) is 15.6. The average Bonchev–Trinajstić information content (AvgIpc) is 3.42. The van der Waals surface area contributed by atoms with Crippen LogP contribution in [0, 0.1) is 0 Å². The monoisotopic (exact) mass is 570 g/mol. The van der Waals surface area contributed by atoms with Crippen molar-refractivity contribution in [3.8, 4) is 22.3 Å². The van der Waals surface area contributed by atoms with Crippen LogP contribution in [0.3, 0.4) is 0 Å². The van der Waals surface area contributed by atoms with Crippen molar-refractivity contribution in [1.29, 1.82) is 0 Å². The van der Waals surface area contributed by atoms with Gasteiger partial charge in [0, 0.05) is 33.1 Å². The van der Waals surface area contributed by atoms with Crippen LogP contribution in [0.5, 0.6) is 0 Å². The minimum absolute atomic E-state index is 0.0528. The lowest BCUT2D eigenvalue weighted by Crippen LogP contribution is -2.36. The molecule has 0 bridgehead atoms. The van der Waals surface area contributed by atoms with E-state index in [0.717, 1.165) is 34.8 Å². The van der Waals surface area contributed by atoms with Crippen molar-refractivity contribution in [2.75, 3.05) is 0 Å². The Kier molecular flexibility index (Phi) is 5.68. The number of rotatable bonds is 4. The second-order valence-corrected chi connectivity index (χ2v) is 13.5. The summed E-state index contributed by atoms with van der Waals surface area (Å²) in [7, 11) is 0. The molecule has 0 amide bonds. The summed E-state index contributed by atoms with van der Waals surface area (Å²) in [5.74, 6) is 0.137. The maximum Gasteiger partial charge on any atom is 0.193 e. The Hall–Kier alpha value is -4.82. The minimum Gasteiger partial charge on any atom is -0.289 e. The maximum absolute atomic E-state index is 13.9. The molecular formula is C42H34O2. The molecule has 8 rings (SSSR count). The van der Waals surface area contributed by atoms with Crippen LogP contribution in [0.15, 0.2) is 97.1 Å². The Balaban J connectivity index is 1.31. The summed E-state index contributed by atoms with van der Waals surface area (Å²) in [4.78, 5) is 27.3. The van der Waals surface area contributed by atoms with Gasteiger partial charge in [-0.05, 0) is 92.1 Å². The van der Waals surface area contributed by atoms with Gasteiger partial charge in [0.25, 0.3) is 0 Å². The number of carbonyl (C=O) groups is 2. The molecule has 0 heterocycles. The van der Waals surface area contributed by atoms with E-state index in [4.69, 9.17) is 0 Å². The molecule has 0 spiro atoms. The van der Waals surface area contributed by atoms with Gasteiger partial charge in [0.2, 0.25) is 0 Å². The predicted octanol–water partition coefficient (Wildman–Crippen LogP) is 8.12. The van der Waals surface area contributed by atoms with E-state index >= 15 is 0 Å². The van der Waals surface area contributed by atoms with Crippen LogP contribution < -0.4 is 10.4 Å². The van der Waals surface area contributed by atoms with Crippen molar-refractivity contribution >= 4 is 23.7 Å². The first kappa shape index (κ1) is 26.8. The molecule has 5 aromatic rings. The molecule has 0 saturated heterocycles. The lowest BCUT2D eigenvalue weighted by Gasteiger charge is -2.24. The van der Waals surface area contributed by atoms with Gasteiger partial charge >= 0.3 is 0 Å². The van der Waals surface area contributed by atoms with Crippen LogP contribution in [0.25, 0.3) is 34.4 Å². The number of ketones is 2. The molecule has 0 unspecified atom stereocenters. The van der Waals surface area contributed by atoms with Crippen molar-refractivity contribution in [2.24, 2.45) is 0 Å². The highest BCUT2D eigenvalue weighted by molar-refractivity contribution is 6.11. The number of hydrogen-bond acceptors (Lipinski definition) is 2. The molecule has 0 radical (unpaired) electrons. The molecule has 0 atom stereocenters. The SMILES string of the molecule is CC1(C)c2cc(C(=O)c3ccccc3)ccc2-c2cc3c(cc21)-c1c(cc(C(=O)c2ccccc2)c2c1=CCCC=2)C3(C)C. The highest BCUT2D eigenvalue weighted by Gasteiger charge is 2.42. The molecule has 2 heteroatoms. The third-order valence-electron chi connectivity index (χ3n) is 10.3. The molecule has 0 aliphatic heterocycles. The molecule has 214 valence electrons. The van der Waals surface area contributed by atoms with E-state index in [1.165, 1.54) is 49.7 Å². The Morgan fingerprint density at radius 2 is 1.05 bits per heavy atom. The first-order valence-electron chi connectivity index (χ1n) is 15.6. The number of hydrogen-bond donors (Lipinski definition) is 0. The zero-order chi connectivity index (χ0) is 30.4. The van der Waals surface area contributed by atoms with E-state index in [1.807, 2.05) is 66.7 Å². The Labute approximate surface area is 258 Å². The highest BCUT2D eigenvalue weighted by Crippen LogP contribution is 2.55. The third kappa shape index (κ3) is 3.67. The minimum atomic E-state index is -0.276. The van der Waals surface area contributed by atoms with Crippen molar-refractivity contribution in [3.63, 3.8) is 0 Å². The summed E-state index contributed by atoms with van der Waals surface area (Å²) in [5, 5.41) is 2.27. The summed E-state index contributed by atoms with van der Waals surface area (Å²) in [6, 6.07) is 32.4. The Bertz CT molecular complexity index is 2180. The smallest absolute Gasteiger partial charge is 0.193 e. The fourth-order valence-electron chi connectivity index (χ4n) is 7.87. The molecule has 3 aliphatic rings. The molecule has 0 fully saturated rings. The average molecular weight is 571 g/mol. The van der Waals surface area contributed by atoms with Gasteiger partial charge in [-0.2, -0.15) is 0 Å². The molecule has 3 aliphatic carbocycles. The topological polar surface area (TPSA) is 34.1 Å². The van der Waals surface area contributed by atoms with E-state index in [9.17, 15) is 9.59 Å². The molecular weight excluding hydrogens is 536 g/mol. The van der Waals surface area contributed by atoms with Gasteiger partial charge in [-0.25, -0.2) is 0 Å². The lowest BCUT2D eigenvalue weighted by molar-refractivity contribution is 0.103. The van der Waals surface area contributed by atoms with E-state index in [0.29, 0.717) is 5.56 Å². The van der Waals surface area contributed by atoms with Crippen LogP contribution in [0.1, 0.15) is 94.6 Å². The van der Waals surface area contributed by atoms with E-state index in [2.05, 4.69) is 70.2 Å². The quantitative estimate of drug-likeness (QED) is 0.205. The summed E-state index contributed by atoms with van der Waals surface area (Å²) < 4.78 is 0. The van der Waals surface area contributed by atoms with Crippen LogP contribution in [0.2, 0.25) is 0 Å². The third-order valence-corrected chi connectivity index (χ3v) is 10.3. The number of benzene rings is 5. The molecule has 5 aromatic carbocycles. The van der Waals surface area contributed by atoms with Crippen LogP contribution in [0.4, 0.5) is 0 Å². The van der Waals surface area contributed by atoms with Crippen LogP contribution >= 0.6 is 0 Å². The fraction of sp³-hybridized carbons (Fsp3) is 0.190. The Morgan fingerprint density at radius 3 is 1.73 bits per heavy atom. The molecule has 2 nitrogen and oxygen atoms in total. The molecule has 0 aromatic heterocycles. The second kappa shape index (κ2) is 9.34. The van der Waals surface area contributed by atoms with Crippen LogP contribution in [-0.4, -0.2) is 11.6 Å².